The molecule has 0 aliphatic heterocycles. The van der Waals surface area contributed by atoms with Crippen LogP contribution >= 0.6 is 0 Å². The Kier molecular flexibility index (Phi) is 8.61. The number of hydrogen-bond donors (Lipinski definition) is 0. The van der Waals surface area contributed by atoms with Crippen LogP contribution in [0.5, 0.6) is 5.75 Å². The molecule has 5 aromatic rings. The average molecular weight is 575 g/mol. The first-order valence-electron chi connectivity index (χ1n) is 13.6. The topological polar surface area (TPSA) is 35.0 Å². The van der Waals surface area contributed by atoms with Crippen molar-refractivity contribution in [3.05, 3.63) is 126 Å². The Balaban J connectivity index is 1.28. The van der Waals surface area contributed by atoms with E-state index in [9.17, 15) is 22.0 Å². The number of nitrogens with zero attached hydrogens (tertiary/aromatic N) is 2. The van der Waals surface area contributed by atoms with Gasteiger partial charge in [0.25, 0.3) is 0 Å². The zero-order valence-electron chi connectivity index (χ0n) is 22.8. The number of benzene rings is 4. The molecule has 1 aromatic heterocycles. The highest BCUT2D eigenvalue weighted by molar-refractivity contribution is 5.71. The van der Waals surface area contributed by atoms with E-state index in [2.05, 4.69) is 16.9 Å². The molecule has 214 valence electrons. The standard InChI is InChI=1S/C34H27F5N2O/c1-2-3-4-5-22-20-40-33(41-21-22)24-6-11-26(12-7-24)34(38,39)42-28-15-17-30(32(37)19-28)25-10-16-29(31(36)18-25)23-8-13-27(35)14-9-23/h6-21H,2-5H2,1H3. The van der Waals surface area contributed by atoms with Crippen molar-refractivity contribution in [2.24, 2.45) is 0 Å². The fourth-order valence-electron chi connectivity index (χ4n) is 4.57. The van der Waals surface area contributed by atoms with E-state index in [1.807, 2.05) is 0 Å². The number of unbranched alkanes of at least 4 members (excludes halogenated alkanes) is 2. The third-order valence-corrected chi connectivity index (χ3v) is 6.88. The molecule has 0 aliphatic carbocycles. The van der Waals surface area contributed by atoms with Crippen LogP contribution in [-0.4, -0.2) is 9.97 Å². The number of aryl methyl sites for hydroxylation is 1. The Labute approximate surface area is 240 Å². The molecule has 0 atom stereocenters. The number of alkyl halides is 2. The largest absolute Gasteiger partial charge is 0.429 e. The summed E-state index contributed by atoms with van der Waals surface area (Å²) in [5, 5.41) is 0. The lowest BCUT2D eigenvalue weighted by atomic mass is 9.99. The van der Waals surface area contributed by atoms with Crippen molar-refractivity contribution >= 4 is 0 Å². The van der Waals surface area contributed by atoms with E-state index in [-0.39, 0.29) is 16.7 Å². The maximum absolute atomic E-state index is 15.0. The molecule has 0 saturated carbocycles. The van der Waals surface area contributed by atoms with E-state index in [0.717, 1.165) is 43.4 Å². The molecule has 1 heterocycles. The Hall–Kier alpha value is -4.59. The number of rotatable bonds is 10. The van der Waals surface area contributed by atoms with Crippen molar-refractivity contribution in [3.63, 3.8) is 0 Å². The fourth-order valence-corrected chi connectivity index (χ4v) is 4.57. The second kappa shape index (κ2) is 12.5. The van der Waals surface area contributed by atoms with Crippen LogP contribution in [0.15, 0.2) is 97.3 Å². The summed E-state index contributed by atoms with van der Waals surface area (Å²) in [4.78, 5) is 8.70. The molecule has 0 N–H and O–H groups in total. The van der Waals surface area contributed by atoms with E-state index in [1.165, 1.54) is 72.8 Å². The van der Waals surface area contributed by atoms with Gasteiger partial charge in [0.15, 0.2) is 5.82 Å². The number of aromatic nitrogens is 2. The molecule has 5 rings (SSSR count). The summed E-state index contributed by atoms with van der Waals surface area (Å²) in [6.45, 7) is 2.13. The van der Waals surface area contributed by atoms with E-state index in [4.69, 9.17) is 4.74 Å². The molecule has 0 unspecified atom stereocenters. The van der Waals surface area contributed by atoms with Crippen LogP contribution in [-0.2, 0) is 12.5 Å². The smallest absolute Gasteiger partial charge is 0.426 e. The van der Waals surface area contributed by atoms with Gasteiger partial charge in [-0.15, -0.1) is 0 Å². The van der Waals surface area contributed by atoms with Crippen LogP contribution in [0.1, 0.15) is 37.3 Å². The van der Waals surface area contributed by atoms with Crippen molar-refractivity contribution in [2.75, 3.05) is 0 Å². The second-order valence-corrected chi connectivity index (χ2v) is 9.91. The van der Waals surface area contributed by atoms with Crippen LogP contribution in [0, 0.1) is 17.5 Å². The van der Waals surface area contributed by atoms with Gasteiger partial charge in [0.05, 0.1) is 5.56 Å². The third kappa shape index (κ3) is 6.65. The van der Waals surface area contributed by atoms with Gasteiger partial charge in [-0.1, -0.05) is 56.2 Å². The Morgan fingerprint density at radius 2 is 1.26 bits per heavy atom. The van der Waals surface area contributed by atoms with Gasteiger partial charge >= 0.3 is 6.11 Å². The minimum Gasteiger partial charge on any atom is -0.429 e. The summed E-state index contributed by atoms with van der Waals surface area (Å²) in [7, 11) is 0. The maximum atomic E-state index is 15.0. The van der Waals surface area contributed by atoms with E-state index in [1.54, 1.807) is 12.4 Å². The zero-order valence-corrected chi connectivity index (χ0v) is 22.8. The first kappa shape index (κ1) is 28.9. The van der Waals surface area contributed by atoms with Gasteiger partial charge in [-0.3, -0.25) is 0 Å². The SMILES string of the molecule is CCCCCc1cnc(-c2ccc(C(F)(F)Oc3ccc(-c4ccc(-c5ccc(F)cc5)c(F)c4)c(F)c3)cc2)nc1. The van der Waals surface area contributed by atoms with E-state index in [0.29, 0.717) is 17.0 Å². The Morgan fingerprint density at radius 1 is 0.667 bits per heavy atom. The molecule has 42 heavy (non-hydrogen) atoms. The second-order valence-electron chi connectivity index (χ2n) is 9.91. The third-order valence-electron chi connectivity index (χ3n) is 6.88. The van der Waals surface area contributed by atoms with Crippen LogP contribution in [0.2, 0.25) is 0 Å². The van der Waals surface area contributed by atoms with Crippen LogP contribution in [0.4, 0.5) is 22.0 Å². The van der Waals surface area contributed by atoms with Gasteiger partial charge in [-0.2, -0.15) is 8.78 Å². The molecule has 0 radical (unpaired) electrons. The molecule has 0 fully saturated rings. The van der Waals surface area contributed by atoms with Gasteiger partial charge in [0.1, 0.15) is 23.2 Å². The normalized spacial score (nSPS) is 11.5. The summed E-state index contributed by atoms with van der Waals surface area (Å²) in [5.74, 6) is -1.92. The van der Waals surface area contributed by atoms with Gasteiger partial charge in [-0.05, 0) is 72.0 Å². The van der Waals surface area contributed by atoms with Gasteiger partial charge < -0.3 is 4.74 Å². The maximum Gasteiger partial charge on any atom is 0.426 e. The quantitative estimate of drug-likeness (QED) is 0.123. The summed E-state index contributed by atoms with van der Waals surface area (Å²) < 4.78 is 77.8. The lowest BCUT2D eigenvalue weighted by Crippen LogP contribution is -2.21. The highest BCUT2D eigenvalue weighted by Crippen LogP contribution is 2.35. The number of hydrogen-bond acceptors (Lipinski definition) is 3. The number of halogens is 5. The molecular formula is C34H27F5N2O. The highest BCUT2D eigenvalue weighted by atomic mass is 19.3. The molecular weight excluding hydrogens is 547 g/mol. The van der Waals surface area contributed by atoms with Crippen LogP contribution in [0.25, 0.3) is 33.6 Å². The molecule has 0 bridgehead atoms. The predicted octanol–water partition coefficient (Wildman–Crippen LogP) is 9.76. The zero-order chi connectivity index (χ0) is 29.7. The van der Waals surface area contributed by atoms with Crippen molar-refractivity contribution < 1.29 is 26.7 Å². The lowest BCUT2D eigenvalue weighted by Gasteiger charge is -2.19. The number of ether oxygens (including phenoxy) is 1. The Morgan fingerprint density at radius 3 is 1.90 bits per heavy atom. The Bertz CT molecular complexity index is 1650. The fraction of sp³-hybridized carbons (Fsp3) is 0.176. The molecule has 0 aliphatic rings. The summed E-state index contributed by atoms with van der Waals surface area (Å²) in [6, 6.07) is 18.1. The van der Waals surface area contributed by atoms with Crippen molar-refractivity contribution in [2.45, 2.75) is 38.7 Å². The molecule has 4 aromatic carbocycles. The van der Waals surface area contributed by atoms with Crippen LogP contribution < -0.4 is 4.74 Å². The summed E-state index contributed by atoms with van der Waals surface area (Å²) >= 11 is 0. The van der Waals surface area contributed by atoms with Crippen molar-refractivity contribution in [3.8, 4) is 39.4 Å². The average Bonchev–Trinajstić information content (AvgIpc) is 2.98. The first-order chi connectivity index (χ1) is 20.2. The van der Waals surface area contributed by atoms with Gasteiger partial charge in [0.2, 0.25) is 0 Å². The van der Waals surface area contributed by atoms with E-state index >= 15 is 0 Å². The molecule has 8 heteroatoms. The van der Waals surface area contributed by atoms with Gasteiger partial charge in [0, 0.05) is 35.2 Å². The first-order valence-corrected chi connectivity index (χ1v) is 13.6. The molecule has 0 saturated heterocycles. The molecule has 0 spiro atoms. The lowest BCUT2D eigenvalue weighted by molar-refractivity contribution is -0.185. The summed E-state index contributed by atoms with van der Waals surface area (Å²) in [5.41, 5.74) is 2.07. The van der Waals surface area contributed by atoms with Crippen molar-refractivity contribution in [1.29, 1.82) is 0 Å². The van der Waals surface area contributed by atoms with Crippen LogP contribution in [0.3, 0.4) is 0 Å². The summed E-state index contributed by atoms with van der Waals surface area (Å²) in [6.07, 6.45) is 3.94. The van der Waals surface area contributed by atoms with Gasteiger partial charge in [-0.25, -0.2) is 23.1 Å². The molecule has 3 nitrogen and oxygen atoms in total. The minimum absolute atomic E-state index is 0.0101. The molecule has 0 amide bonds. The van der Waals surface area contributed by atoms with Crippen molar-refractivity contribution in [1.82, 2.24) is 9.97 Å². The highest BCUT2D eigenvalue weighted by Gasteiger charge is 2.34. The minimum atomic E-state index is -3.75. The van der Waals surface area contributed by atoms with E-state index < -0.39 is 34.9 Å². The monoisotopic (exact) mass is 574 g/mol. The predicted molar refractivity (Wildman–Crippen MR) is 152 cm³/mol.